The van der Waals surface area contributed by atoms with Gasteiger partial charge in [0.05, 0.1) is 32.1 Å². The molecule has 166 valence electrons. The van der Waals surface area contributed by atoms with E-state index in [1.165, 1.54) is 0 Å². The van der Waals surface area contributed by atoms with E-state index in [-0.39, 0.29) is 18.4 Å². The van der Waals surface area contributed by atoms with Crippen molar-refractivity contribution in [3.8, 4) is 5.75 Å². The van der Waals surface area contributed by atoms with Crippen LogP contribution in [-0.2, 0) is 14.3 Å². The molecule has 8 nitrogen and oxygen atoms in total. The Kier molecular flexibility index (Phi) is 8.69. The first kappa shape index (κ1) is 22.6. The first-order valence-corrected chi connectivity index (χ1v) is 10.5. The molecule has 1 fully saturated rings. The van der Waals surface area contributed by atoms with Gasteiger partial charge in [-0.1, -0.05) is 18.2 Å². The van der Waals surface area contributed by atoms with E-state index in [1.807, 2.05) is 25.1 Å². The van der Waals surface area contributed by atoms with Crippen molar-refractivity contribution in [3.63, 3.8) is 0 Å². The molecule has 2 amide bonds. The molecule has 0 saturated carbocycles. The fourth-order valence-electron chi connectivity index (χ4n) is 3.14. The van der Waals surface area contributed by atoms with Crippen molar-refractivity contribution in [2.45, 2.75) is 6.92 Å². The molecule has 0 unspecified atom stereocenters. The molecule has 0 atom stereocenters. The van der Waals surface area contributed by atoms with E-state index in [0.717, 1.165) is 0 Å². The SMILES string of the molecule is CCOCCOc1ccccc1NC(=O)CNc1cccc(C(=O)N2CCOCC2)c1. The molecule has 2 aromatic rings. The van der Waals surface area contributed by atoms with E-state index in [2.05, 4.69) is 10.6 Å². The number of benzene rings is 2. The number of anilines is 2. The monoisotopic (exact) mass is 427 g/mol. The Bertz CT molecular complexity index is 868. The van der Waals surface area contributed by atoms with Crippen LogP contribution in [-0.4, -0.2) is 69.4 Å². The Hall–Kier alpha value is -3.10. The summed E-state index contributed by atoms with van der Waals surface area (Å²) in [6.45, 7) is 5.80. The van der Waals surface area contributed by atoms with Crippen LogP contribution in [0.25, 0.3) is 0 Å². The molecule has 1 saturated heterocycles. The number of hydrogen-bond acceptors (Lipinski definition) is 6. The highest BCUT2D eigenvalue weighted by Gasteiger charge is 2.18. The highest BCUT2D eigenvalue weighted by molar-refractivity contribution is 5.96. The number of carbonyl (C=O) groups excluding carboxylic acids is 2. The summed E-state index contributed by atoms with van der Waals surface area (Å²) in [5, 5.41) is 5.93. The zero-order valence-electron chi connectivity index (χ0n) is 17.8. The van der Waals surface area contributed by atoms with E-state index in [9.17, 15) is 9.59 Å². The molecule has 8 heteroatoms. The molecule has 2 N–H and O–H groups in total. The Morgan fingerprint density at radius 3 is 2.68 bits per heavy atom. The molecule has 0 aliphatic carbocycles. The number of amides is 2. The lowest BCUT2D eigenvalue weighted by Crippen LogP contribution is -2.40. The number of hydrogen-bond donors (Lipinski definition) is 2. The summed E-state index contributed by atoms with van der Waals surface area (Å²) in [6.07, 6.45) is 0. The first-order valence-electron chi connectivity index (χ1n) is 10.5. The average molecular weight is 428 g/mol. The highest BCUT2D eigenvalue weighted by atomic mass is 16.5. The highest BCUT2D eigenvalue weighted by Crippen LogP contribution is 2.23. The van der Waals surface area contributed by atoms with Gasteiger partial charge in [0.15, 0.2) is 0 Å². The summed E-state index contributed by atoms with van der Waals surface area (Å²) < 4.78 is 16.3. The van der Waals surface area contributed by atoms with Crippen molar-refractivity contribution in [2.75, 3.05) is 63.3 Å². The molecule has 0 radical (unpaired) electrons. The van der Waals surface area contributed by atoms with Gasteiger partial charge < -0.3 is 29.7 Å². The summed E-state index contributed by atoms with van der Waals surface area (Å²) in [6, 6.07) is 14.4. The number of nitrogens with one attached hydrogen (secondary N) is 2. The number of morpholine rings is 1. The number of carbonyl (C=O) groups is 2. The predicted molar refractivity (Wildman–Crippen MR) is 119 cm³/mol. The average Bonchev–Trinajstić information content (AvgIpc) is 2.82. The predicted octanol–water partition coefficient (Wildman–Crippen LogP) is 2.62. The third kappa shape index (κ3) is 6.97. The minimum absolute atomic E-state index is 0.0328. The van der Waals surface area contributed by atoms with Crippen LogP contribution >= 0.6 is 0 Å². The van der Waals surface area contributed by atoms with Gasteiger partial charge >= 0.3 is 0 Å². The Labute approximate surface area is 182 Å². The second kappa shape index (κ2) is 11.9. The normalized spacial score (nSPS) is 13.5. The largest absolute Gasteiger partial charge is 0.489 e. The third-order valence-electron chi connectivity index (χ3n) is 4.71. The van der Waals surface area contributed by atoms with Gasteiger partial charge in [-0.05, 0) is 37.3 Å². The van der Waals surface area contributed by atoms with Gasteiger partial charge in [-0.15, -0.1) is 0 Å². The van der Waals surface area contributed by atoms with Crippen LogP contribution in [0, 0.1) is 0 Å². The van der Waals surface area contributed by atoms with Gasteiger partial charge in [0.1, 0.15) is 12.4 Å². The fraction of sp³-hybridized carbons (Fsp3) is 0.391. The summed E-state index contributed by atoms with van der Waals surface area (Å²) in [5.74, 6) is 0.342. The minimum atomic E-state index is -0.217. The van der Waals surface area contributed by atoms with Crippen LogP contribution in [0.5, 0.6) is 5.75 Å². The van der Waals surface area contributed by atoms with Crippen molar-refractivity contribution in [1.82, 2.24) is 4.90 Å². The Morgan fingerprint density at radius 2 is 1.87 bits per heavy atom. The summed E-state index contributed by atoms with van der Waals surface area (Å²) in [5.41, 5.74) is 1.89. The number of para-hydroxylation sites is 2. The summed E-state index contributed by atoms with van der Waals surface area (Å²) >= 11 is 0. The standard InChI is InChI=1S/C23H29N3O5/c1-2-29-14-15-31-21-9-4-3-8-20(21)25-22(27)17-24-19-7-5-6-18(16-19)23(28)26-10-12-30-13-11-26/h3-9,16,24H,2,10-15,17H2,1H3,(H,25,27). The Balaban J connectivity index is 1.52. The van der Waals surface area contributed by atoms with Gasteiger partial charge in [0, 0.05) is 30.9 Å². The van der Waals surface area contributed by atoms with E-state index in [0.29, 0.717) is 68.8 Å². The second-order valence-electron chi connectivity index (χ2n) is 6.93. The molecule has 2 aromatic carbocycles. The van der Waals surface area contributed by atoms with Crippen LogP contribution in [0.15, 0.2) is 48.5 Å². The molecule has 1 aliphatic heterocycles. The van der Waals surface area contributed by atoms with Crippen molar-refractivity contribution >= 4 is 23.2 Å². The van der Waals surface area contributed by atoms with E-state index < -0.39 is 0 Å². The minimum Gasteiger partial charge on any atom is -0.489 e. The third-order valence-corrected chi connectivity index (χ3v) is 4.71. The van der Waals surface area contributed by atoms with Gasteiger partial charge in [0.25, 0.3) is 5.91 Å². The lowest BCUT2D eigenvalue weighted by molar-refractivity contribution is -0.114. The second-order valence-corrected chi connectivity index (χ2v) is 6.93. The lowest BCUT2D eigenvalue weighted by Gasteiger charge is -2.27. The van der Waals surface area contributed by atoms with Crippen LogP contribution in [0.2, 0.25) is 0 Å². The molecule has 0 spiro atoms. The summed E-state index contributed by atoms with van der Waals surface area (Å²) in [7, 11) is 0. The molecule has 0 aromatic heterocycles. The van der Waals surface area contributed by atoms with Gasteiger partial charge in [-0.3, -0.25) is 9.59 Å². The van der Waals surface area contributed by atoms with Gasteiger partial charge in [-0.25, -0.2) is 0 Å². The number of ether oxygens (including phenoxy) is 3. The maximum atomic E-state index is 12.6. The molecule has 3 rings (SSSR count). The quantitative estimate of drug-likeness (QED) is 0.567. The molecule has 31 heavy (non-hydrogen) atoms. The Morgan fingerprint density at radius 1 is 1.06 bits per heavy atom. The van der Waals surface area contributed by atoms with Gasteiger partial charge in [0.2, 0.25) is 5.91 Å². The lowest BCUT2D eigenvalue weighted by atomic mass is 10.1. The number of rotatable bonds is 10. The maximum absolute atomic E-state index is 12.6. The van der Waals surface area contributed by atoms with Crippen molar-refractivity contribution in [2.24, 2.45) is 0 Å². The van der Waals surface area contributed by atoms with Gasteiger partial charge in [-0.2, -0.15) is 0 Å². The smallest absolute Gasteiger partial charge is 0.254 e. The van der Waals surface area contributed by atoms with Crippen molar-refractivity contribution in [1.29, 1.82) is 0 Å². The molecular weight excluding hydrogens is 398 g/mol. The van der Waals surface area contributed by atoms with Crippen molar-refractivity contribution < 1.29 is 23.8 Å². The van der Waals surface area contributed by atoms with E-state index in [4.69, 9.17) is 14.2 Å². The van der Waals surface area contributed by atoms with Crippen LogP contribution in [0.4, 0.5) is 11.4 Å². The zero-order valence-corrected chi connectivity index (χ0v) is 17.8. The molecular formula is C23H29N3O5. The van der Waals surface area contributed by atoms with Crippen LogP contribution in [0.1, 0.15) is 17.3 Å². The van der Waals surface area contributed by atoms with E-state index in [1.54, 1.807) is 35.2 Å². The van der Waals surface area contributed by atoms with Crippen LogP contribution in [0.3, 0.4) is 0 Å². The topological polar surface area (TPSA) is 89.1 Å². The van der Waals surface area contributed by atoms with E-state index >= 15 is 0 Å². The fourth-order valence-corrected chi connectivity index (χ4v) is 3.14. The maximum Gasteiger partial charge on any atom is 0.254 e. The molecule has 1 heterocycles. The number of nitrogens with zero attached hydrogens (tertiary/aromatic N) is 1. The molecule has 1 aliphatic rings. The summed E-state index contributed by atoms with van der Waals surface area (Å²) in [4.78, 5) is 26.8. The zero-order chi connectivity index (χ0) is 21.9. The van der Waals surface area contributed by atoms with Crippen LogP contribution < -0.4 is 15.4 Å². The first-order chi connectivity index (χ1) is 15.2. The van der Waals surface area contributed by atoms with Crippen molar-refractivity contribution in [3.05, 3.63) is 54.1 Å². The molecule has 0 bridgehead atoms.